The predicted octanol–water partition coefficient (Wildman–Crippen LogP) is 2.85. The smallest absolute Gasteiger partial charge is 0.251 e. The summed E-state index contributed by atoms with van der Waals surface area (Å²) < 4.78 is 5.40. The van der Waals surface area contributed by atoms with Crippen LogP contribution in [0.15, 0.2) is 12.1 Å². The van der Waals surface area contributed by atoms with Crippen molar-refractivity contribution in [1.82, 2.24) is 10.3 Å². The first-order valence-electron chi connectivity index (χ1n) is 7.39. The monoisotopic (exact) mass is 311 g/mol. The first-order chi connectivity index (χ1) is 10.1. The Labute approximate surface area is 130 Å². The molecule has 0 aliphatic heterocycles. The number of pyridine rings is 1. The highest BCUT2D eigenvalue weighted by Gasteiger charge is 2.28. The van der Waals surface area contributed by atoms with Crippen LogP contribution in [0.1, 0.15) is 43.0 Å². The molecule has 2 rings (SSSR count). The highest BCUT2D eigenvalue weighted by atomic mass is 35.5. The zero-order chi connectivity index (χ0) is 15.2. The van der Waals surface area contributed by atoms with Crippen molar-refractivity contribution in [3.05, 3.63) is 22.8 Å². The van der Waals surface area contributed by atoms with Gasteiger partial charge in [0.15, 0.2) is 0 Å². The number of carbonyl (C=O) groups excluding carboxylic acids is 1. The van der Waals surface area contributed by atoms with E-state index in [1.54, 1.807) is 19.2 Å². The molecule has 5 nitrogen and oxygen atoms in total. The van der Waals surface area contributed by atoms with E-state index in [2.05, 4.69) is 22.5 Å². The minimum Gasteiger partial charge on any atom is -0.379 e. The third-order valence-electron chi connectivity index (χ3n) is 3.68. The number of nitrogens with zero attached hydrogens (tertiary/aromatic N) is 1. The summed E-state index contributed by atoms with van der Waals surface area (Å²) in [5.41, 5.74) is 0.523. The molecule has 2 N–H and O–H groups in total. The molecule has 1 aromatic heterocycles. The normalized spacial score (nSPS) is 21.3. The van der Waals surface area contributed by atoms with E-state index >= 15 is 0 Å². The topological polar surface area (TPSA) is 63.2 Å². The van der Waals surface area contributed by atoms with E-state index in [0.29, 0.717) is 16.5 Å². The zero-order valence-electron chi connectivity index (χ0n) is 12.5. The van der Waals surface area contributed by atoms with Gasteiger partial charge in [-0.15, -0.1) is 0 Å². The third kappa shape index (κ3) is 4.32. The van der Waals surface area contributed by atoms with Crippen molar-refractivity contribution in [3.63, 3.8) is 0 Å². The number of nitrogens with one attached hydrogen (secondary N) is 2. The number of anilines is 1. The van der Waals surface area contributed by atoms with E-state index in [0.717, 1.165) is 32.2 Å². The fourth-order valence-corrected chi connectivity index (χ4v) is 2.81. The molecule has 0 aromatic carbocycles. The van der Waals surface area contributed by atoms with Gasteiger partial charge in [0.2, 0.25) is 0 Å². The molecule has 0 spiro atoms. The summed E-state index contributed by atoms with van der Waals surface area (Å²) in [6.07, 6.45) is 4.09. The van der Waals surface area contributed by atoms with Gasteiger partial charge in [-0.1, -0.05) is 18.5 Å². The molecule has 116 valence electrons. The summed E-state index contributed by atoms with van der Waals surface area (Å²) in [6.45, 7) is 2.86. The Morgan fingerprint density at radius 1 is 1.48 bits per heavy atom. The van der Waals surface area contributed by atoms with Crippen molar-refractivity contribution in [1.29, 1.82) is 0 Å². The van der Waals surface area contributed by atoms with Crippen LogP contribution in [0, 0.1) is 0 Å². The minimum atomic E-state index is -0.132. The number of rotatable bonds is 6. The van der Waals surface area contributed by atoms with Crippen LogP contribution in [-0.4, -0.2) is 36.7 Å². The van der Waals surface area contributed by atoms with E-state index in [-0.39, 0.29) is 18.1 Å². The van der Waals surface area contributed by atoms with Gasteiger partial charge in [0, 0.05) is 19.2 Å². The molecule has 1 amide bonds. The lowest BCUT2D eigenvalue weighted by Gasteiger charge is -2.19. The number of carbonyl (C=O) groups is 1. The summed E-state index contributed by atoms with van der Waals surface area (Å²) in [7, 11) is 1.69. The van der Waals surface area contributed by atoms with Crippen LogP contribution in [-0.2, 0) is 4.74 Å². The first-order valence-corrected chi connectivity index (χ1v) is 7.77. The molecule has 2 atom stereocenters. The molecule has 1 saturated carbocycles. The molecule has 1 aliphatic rings. The maximum Gasteiger partial charge on any atom is 0.251 e. The summed E-state index contributed by atoms with van der Waals surface area (Å²) in [5.74, 6) is 0.497. The van der Waals surface area contributed by atoms with E-state index in [4.69, 9.17) is 16.3 Å². The fraction of sp³-hybridized carbons (Fsp3) is 0.600. The Morgan fingerprint density at radius 2 is 2.29 bits per heavy atom. The number of hydrogen-bond acceptors (Lipinski definition) is 4. The van der Waals surface area contributed by atoms with Crippen molar-refractivity contribution in [3.8, 4) is 0 Å². The summed E-state index contributed by atoms with van der Waals surface area (Å²) in [5, 5.41) is 6.49. The van der Waals surface area contributed by atoms with E-state index in [9.17, 15) is 4.79 Å². The second-order valence-corrected chi connectivity index (χ2v) is 5.66. The maximum absolute atomic E-state index is 12.4. The van der Waals surface area contributed by atoms with Gasteiger partial charge < -0.3 is 15.4 Å². The van der Waals surface area contributed by atoms with Crippen LogP contribution in [0.2, 0.25) is 5.15 Å². The number of ether oxygens (including phenoxy) is 1. The minimum absolute atomic E-state index is 0.0708. The largest absolute Gasteiger partial charge is 0.379 e. The molecule has 21 heavy (non-hydrogen) atoms. The number of amides is 1. The van der Waals surface area contributed by atoms with Crippen LogP contribution >= 0.6 is 11.6 Å². The lowest BCUT2D eigenvalue weighted by Crippen LogP contribution is -2.40. The summed E-state index contributed by atoms with van der Waals surface area (Å²) in [4.78, 5) is 16.5. The SMILES string of the molecule is CCCNc1cc(C(=O)NC2CCCC2OC)cc(Cl)n1. The molecule has 0 saturated heterocycles. The molecule has 1 aliphatic carbocycles. The van der Waals surface area contributed by atoms with Crippen molar-refractivity contribution >= 4 is 23.3 Å². The zero-order valence-corrected chi connectivity index (χ0v) is 13.2. The molecule has 2 unspecified atom stereocenters. The van der Waals surface area contributed by atoms with Crippen LogP contribution in [0.4, 0.5) is 5.82 Å². The molecule has 0 bridgehead atoms. The van der Waals surface area contributed by atoms with E-state index in [1.165, 1.54) is 0 Å². The average Bonchev–Trinajstić information content (AvgIpc) is 2.91. The van der Waals surface area contributed by atoms with Crippen molar-refractivity contribution in [2.75, 3.05) is 19.0 Å². The van der Waals surface area contributed by atoms with Crippen LogP contribution < -0.4 is 10.6 Å². The van der Waals surface area contributed by atoms with Gasteiger partial charge in [0.1, 0.15) is 11.0 Å². The Bertz CT molecular complexity index is 496. The van der Waals surface area contributed by atoms with Gasteiger partial charge in [0.25, 0.3) is 5.91 Å². The number of halogens is 1. The first kappa shape index (κ1) is 16.0. The van der Waals surface area contributed by atoms with Crippen LogP contribution in [0.25, 0.3) is 0 Å². The predicted molar refractivity (Wildman–Crippen MR) is 83.9 cm³/mol. The average molecular weight is 312 g/mol. The Balaban J connectivity index is 2.06. The highest BCUT2D eigenvalue weighted by Crippen LogP contribution is 2.22. The van der Waals surface area contributed by atoms with Crippen molar-refractivity contribution in [2.24, 2.45) is 0 Å². The van der Waals surface area contributed by atoms with Gasteiger partial charge in [-0.2, -0.15) is 0 Å². The highest BCUT2D eigenvalue weighted by molar-refractivity contribution is 6.29. The lowest BCUT2D eigenvalue weighted by molar-refractivity contribution is 0.0722. The second kappa shape index (κ2) is 7.61. The number of hydrogen-bond donors (Lipinski definition) is 2. The van der Waals surface area contributed by atoms with Crippen molar-refractivity contribution < 1.29 is 9.53 Å². The number of methoxy groups -OCH3 is 1. The van der Waals surface area contributed by atoms with Crippen LogP contribution in [0.3, 0.4) is 0 Å². The molecule has 1 aromatic rings. The van der Waals surface area contributed by atoms with Crippen LogP contribution in [0.5, 0.6) is 0 Å². The Hall–Kier alpha value is -1.33. The Morgan fingerprint density at radius 3 is 3.00 bits per heavy atom. The molecule has 0 radical (unpaired) electrons. The van der Waals surface area contributed by atoms with Gasteiger partial charge in [-0.05, 0) is 37.8 Å². The third-order valence-corrected chi connectivity index (χ3v) is 3.88. The van der Waals surface area contributed by atoms with Gasteiger partial charge in [0.05, 0.1) is 12.1 Å². The number of aromatic nitrogens is 1. The van der Waals surface area contributed by atoms with Crippen molar-refractivity contribution in [2.45, 2.75) is 44.8 Å². The van der Waals surface area contributed by atoms with Gasteiger partial charge in [-0.3, -0.25) is 4.79 Å². The summed E-state index contributed by atoms with van der Waals surface area (Å²) in [6, 6.07) is 3.39. The quantitative estimate of drug-likeness (QED) is 0.793. The van der Waals surface area contributed by atoms with Gasteiger partial charge in [-0.25, -0.2) is 4.98 Å². The molecule has 1 heterocycles. The Kier molecular flexibility index (Phi) is 5.82. The summed E-state index contributed by atoms with van der Waals surface area (Å²) >= 11 is 5.99. The molecule has 6 heteroatoms. The van der Waals surface area contributed by atoms with E-state index in [1.807, 2.05) is 0 Å². The second-order valence-electron chi connectivity index (χ2n) is 5.28. The lowest BCUT2D eigenvalue weighted by atomic mass is 10.2. The van der Waals surface area contributed by atoms with E-state index < -0.39 is 0 Å². The standard InChI is InChI=1S/C15H22ClN3O2/c1-3-7-17-14-9-10(8-13(16)19-14)15(20)18-11-5-4-6-12(11)21-2/h8-9,11-12H,3-7H2,1-2H3,(H,17,19)(H,18,20). The molecule has 1 fully saturated rings. The molecular weight excluding hydrogens is 290 g/mol. The maximum atomic E-state index is 12.4. The fourth-order valence-electron chi connectivity index (χ4n) is 2.60. The van der Waals surface area contributed by atoms with Gasteiger partial charge >= 0.3 is 0 Å². The molecular formula is C15H22ClN3O2.